The minimum absolute atomic E-state index is 0.577. The molecule has 0 spiro atoms. The molecule has 2 N–H and O–H groups in total. The van der Waals surface area contributed by atoms with Crippen LogP contribution in [-0.2, 0) is 6.42 Å². The summed E-state index contributed by atoms with van der Waals surface area (Å²) in [5.74, 6) is 1.84. The fourth-order valence-corrected chi connectivity index (χ4v) is 2.40. The van der Waals surface area contributed by atoms with E-state index in [4.69, 9.17) is 12.2 Å². The Hall–Kier alpha value is -0.640. The van der Waals surface area contributed by atoms with Crippen LogP contribution in [0.5, 0.6) is 0 Å². The van der Waals surface area contributed by atoms with E-state index in [-0.39, 0.29) is 0 Å². The van der Waals surface area contributed by atoms with Crippen LogP contribution in [-0.4, -0.2) is 15.2 Å². The van der Waals surface area contributed by atoms with Crippen molar-refractivity contribution in [3.8, 4) is 0 Å². The highest BCUT2D eigenvalue weighted by Gasteiger charge is 2.13. The van der Waals surface area contributed by atoms with Gasteiger partial charge in [-0.2, -0.15) is 0 Å². The summed E-state index contributed by atoms with van der Waals surface area (Å²) in [5.41, 5.74) is 0. The number of rotatable bonds is 2. The maximum atomic E-state index is 4.93. The Morgan fingerprint density at radius 1 is 1.14 bits per heavy atom. The second-order valence-electron chi connectivity index (χ2n) is 4.18. The van der Waals surface area contributed by atoms with Crippen LogP contribution in [0.1, 0.15) is 44.3 Å². The molecule has 1 heterocycles. The Morgan fingerprint density at radius 3 is 2.43 bits per heavy atom. The van der Waals surface area contributed by atoms with Gasteiger partial charge >= 0.3 is 0 Å². The highest BCUT2D eigenvalue weighted by molar-refractivity contribution is 7.71. The van der Waals surface area contributed by atoms with Gasteiger partial charge in [0, 0.05) is 6.42 Å². The number of hydrogen-bond donors (Lipinski definition) is 2. The Morgan fingerprint density at radius 2 is 1.86 bits per heavy atom. The van der Waals surface area contributed by atoms with E-state index in [1.54, 1.807) is 0 Å². The minimum atomic E-state index is 0.577. The van der Waals surface area contributed by atoms with Crippen molar-refractivity contribution in [1.29, 1.82) is 0 Å². The molecule has 0 bridgehead atoms. The lowest BCUT2D eigenvalue weighted by Crippen LogP contribution is -2.04. The van der Waals surface area contributed by atoms with E-state index >= 15 is 0 Å². The normalized spacial score (nSPS) is 19.4. The van der Waals surface area contributed by atoms with Gasteiger partial charge in [-0.1, -0.05) is 38.5 Å². The van der Waals surface area contributed by atoms with Crippen LogP contribution in [0.4, 0.5) is 0 Å². The molecular weight excluding hydrogens is 194 g/mol. The fourth-order valence-electron chi connectivity index (χ4n) is 2.24. The molecule has 2 rings (SSSR count). The molecule has 1 aliphatic carbocycles. The van der Waals surface area contributed by atoms with Gasteiger partial charge in [0.2, 0.25) is 4.77 Å². The number of nitrogens with one attached hydrogen (secondary N) is 2. The van der Waals surface area contributed by atoms with Gasteiger partial charge in [-0.3, -0.25) is 10.2 Å². The van der Waals surface area contributed by atoms with E-state index in [9.17, 15) is 0 Å². The summed E-state index contributed by atoms with van der Waals surface area (Å²) in [5, 5.41) is 5.89. The molecule has 0 saturated heterocycles. The Kier molecular flexibility index (Phi) is 3.35. The lowest BCUT2D eigenvalue weighted by atomic mass is 9.96. The Balaban J connectivity index is 1.92. The molecule has 14 heavy (non-hydrogen) atoms. The molecule has 1 aliphatic rings. The molecule has 0 aliphatic heterocycles. The smallest absolute Gasteiger partial charge is 0.213 e. The molecule has 0 aromatic carbocycles. The van der Waals surface area contributed by atoms with E-state index in [2.05, 4.69) is 15.2 Å². The standard InChI is InChI=1S/C10H17N3S/c14-10-11-9(12-13-10)7-8-5-3-1-2-4-6-8/h8H,1-7H2,(H2,11,12,13,14). The predicted molar refractivity (Wildman–Crippen MR) is 58.7 cm³/mol. The van der Waals surface area contributed by atoms with Crippen molar-refractivity contribution in [2.75, 3.05) is 0 Å². The van der Waals surface area contributed by atoms with Crippen LogP contribution in [0, 0.1) is 10.7 Å². The minimum Gasteiger partial charge on any atom is -0.286 e. The molecule has 0 unspecified atom stereocenters. The first-order chi connectivity index (χ1) is 6.84. The SMILES string of the molecule is S=c1nc(CC2CCCCCC2)[nH][nH]1. The van der Waals surface area contributed by atoms with Gasteiger partial charge in [0.25, 0.3) is 0 Å². The van der Waals surface area contributed by atoms with Crippen LogP contribution in [0.3, 0.4) is 0 Å². The Labute approximate surface area is 89.3 Å². The predicted octanol–water partition coefficient (Wildman–Crippen LogP) is 2.98. The van der Waals surface area contributed by atoms with Crippen molar-refractivity contribution in [3.63, 3.8) is 0 Å². The van der Waals surface area contributed by atoms with Crippen LogP contribution in [0.2, 0.25) is 0 Å². The summed E-state index contributed by atoms with van der Waals surface area (Å²) in [7, 11) is 0. The van der Waals surface area contributed by atoms with E-state index in [0.717, 1.165) is 18.2 Å². The second kappa shape index (κ2) is 4.73. The monoisotopic (exact) mass is 211 g/mol. The van der Waals surface area contributed by atoms with Gasteiger partial charge in [-0.05, 0) is 18.1 Å². The first kappa shape index (κ1) is 9.90. The van der Waals surface area contributed by atoms with Crippen molar-refractivity contribution in [2.24, 2.45) is 5.92 Å². The highest BCUT2D eigenvalue weighted by Crippen LogP contribution is 2.24. The number of hydrogen-bond acceptors (Lipinski definition) is 2. The molecule has 1 fully saturated rings. The maximum absolute atomic E-state index is 4.93. The molecule has 1 aromatic rings. The van der Waals surface area contributed by atoms with Crippen LogP contribution in [0.25, 0.3) is 0 Å². The van der Waals surface area contributed by atoms with E-state index in [0.29, 0.717) is 4.77 Å². The molecule has 0 atom stereocenters. The van der Waals surface area contributed by atoms with Gasteiger partial charge in [0.15, 0.2) is 0 Å². The number of aromatic nitrogens is 3. The van der Waals surface area contributed by atoms with Gasteiger partial charge in [-0.15, -0.1) is 0 Å². The van der Waals surface area contributed by atoms with Crippen molar-refractivity contribution in [2.45, 2.75) is 44.9 Å². The molecule has 0 amide bonds. The maximum Gasteiger partial charge on any atom is 0.213 e. The number of nitrogens with zero attached hydrogens (tertiary/aromatic N) is 1. The van der Waals surface area contributed by atoms with E-state index < -0.39 is 0 Å². The van der Waals surface area contributed by atoms with Gasteiger partial charge < -0.3 is 0 Å². The molecular formula is C10H17N3S. The quantitative estimate of drug-likeness (QED) is 0.583. The summed E-state index contributed by atoms with van der Waals surface area (Å²) in [6.45, 7) is 0. The summed E-state index contributed by atoms with van der Waals surface area (Å²) < 4.78 is 0.577. The molecule has 4 heteroatoms. The molecule has 1 aromatic heterocycles. The third kappa shape index (κ3) is 2.67. The van der Waals surface area contributed by atoms with E-state index in [1.165, 1.54) is 38.5 Å². The van der Waals surface area contributed by atoms with Crippen molar-refractivity contribution >= 4 is 12.2 Å². The zero-order valence-corrected chi connectivity index (χ0v) is 9.20. The number of aromatic amines is 2. The third-order valence-corrected chi connectivity index (χ3v) is 3.20. The fraction of sp³-hybridized carbons (Fsp3) is 0.800. The van der Waals surface area contributed by atoms with Crippen molar-refractivity contribution in [1.82, 2.24) is 15.2 Å². The van der Waals surface area contributed by atoms with Crippen LogP contribution < -0.4 is 0 Å². The molecule has 1 saturated carbocycles. The van der Waals surface area contributed by atoms with Crippen LogP contribution >= 0.6 is 12.2 Å². The van der Waals surface area contributed by atoms with Gasteiger partial charge in [0.05, 0.1) is 0 Å². The molecule has 78 valence electrons. The first-order valence-corrected chi connectivity index (χ1v) is 5.89. The van der Waals surface area contributed by atoms with Gasteiger partial charge in [-0.25, -0.2) is 4.98 Å². The van der Waals surface area contributed by atoms with Gasteiger partial charge in [0.1, 0.15) is 5.82 Å². The lowest BCUT2D eigenvalue weighted by molar-refractivity contribution is 0.448. The zero-order valence-electron chi connectivity index (χ0n) is 8.38. The van der Waals surface area contributed by atoms with E-state index in [1.807, 2.05) is 0 Å². The van der Waals surface area contributed by atoms with Crippen LogP contribution in [0.15, 0.2) is 0 Å². The lowest BCUT2D eigenvalue weighted by Gasteiger charge is -2.10. The molecule has 3 nitrogen and oxygen atoms in total. The average molecular weight is 211 g/mol. The first-order valence-electron chi connectivity index (χ1n) is 5.48. The molecule has 0 radical (unpaired) electrons. The topological polar surface area (TPSA) is 44.5 Å². The Bertz CT molecular complexity index is 320. The average Bonchev–Trinajstić information content (AvgIpc) is 2.43. The summed E-state index contributed by atoms with van der Waals surface area (Å²) in [4.78, 5) is 4.24. The summed E-state index contributed by atoms with van der Waals surface area (Å²) in [6, 6.07) is 0. The zero-order chi connectivity index (χ0) is 9.80. The highest BCUT2D eigenvalue weighted by atomic mass is 32.1. The van der Waals surface area contributed by atoms with Crippen molar-refractivity contribution < 1.29 is 0 Å². The third-order valence-electron chi connectivity index (χ3n) is 3.01. The van der Waals surface area contributed by atoms with Crippen molar-refractivity contribution in [3.05, 3.63) is 10.6 Å². The summed E-state index contributed by atoms with van der Waals surface area (Å²) in [6.07, 6.45) is 9.36. The largest absolute Gasteiger partial charge is 0.286 e. The summed E-state index contributed by atoms with van der Waals surface area (Å²) >= 11 is 4.93. The second-order valence-corrected chi connectivity index (χ2v) is 4.56. The number of H-pyrrole nitrogens is 2.